The number of aldehydes is 2. The number of anilines is 1. The van der Waals surface area contributed by atoms with Crippen molar-refractivity contribution in [2.45, 2.75) is 26.1 Å². The van der Waals surface area contributed by atoms with Crippen LogP contribution >= 0.6 is 0 Å². The van der Waals surface area contributed by atoms with Crippen LogP contribution in [-0.4, -0.2) is 54.9 Å². The van der Waals surface area contributed by atoms with Crippen LogP contribution in [0.4, 0.5) is 5.82 Å². The van der Waals surface area contributed by atoms with E-state index in [4.69, 9.17) is 9.47 Å². The number of aromatic nitrogens is 2. The normalized spacial score (nSPS) is 19.9. The molecule has 0 aromatic carbocycles. The molecule has 0 saturated carbocycles. The number of hydrogen-bond acceptors (Lipinski definition) is 7. The van der Waals surface area contributed by atoms with Crippen molar-refractivity contribution in [1.29, 1.82) is 0 Å². The molecule has 1 aliphatic heterocycles. The number of ether oxygens (including phenoxy) is 2. The van der Waals surface area contributed by atoms with Crippen LogP contribution in [0.25, 0.3) is 11.1 Å². The first-order valence-corrected chi connectivity index (χ1v) is 8.40. The van der Waals surface area contributed by atoms with Crippen LogP contribution in [0.15, 0.2) is 24.7 Å². The van der Waals surface area contributed by atoms with E-state index in [2.05, 4.69) is 14.9 Å². The van der Waals surface area contributed by atoms with E-state index in [9.17, 15) is 9.59 Å². The van der Waals surface area contributed by atoms with Crippen molar-refractivity contribution in [1.82, 2.24) is 9.97 Å². The minimum atomic E-state index is 0.0632. The fourth-order valence-corrected chi connectivity index (χ4v) is 3.31. The maximum absolute atomic E-state index is 11.7. The maximum Gasteiger partial charge on any atom is 0.155 e. The van der Waals surface area contributed by atoms with Crippen LogP contribution in [0.2, 0.25) is 0 Å². The van der Waals surface area contributed by atoms with E-state index in [1.807, 2.05) is 13.8 Å². The first kappa shape index (κ1) is 18.0. The summed E-state index contributed by atoms with van der Waals surface area (Å²) in [7, 11) is 1.49. The minimum absolute atomic E-state index is 0.0632. The van der Waals surface area contributed by atoms with Crippen molar-refractivity contribution in [3.8, 4) is 16.9 Å². The molecule has 7 heteroatoms. The Morgan fingerprint density at radius 3 is 2.42 bits per heavy atom. The second kappa shape index (κ2) is 7.61. The van der Waals surface area contributed by atoms with Gasteiger partial charge in [-0.05, 0) is 19.9 Å². The van der Waals surface area contributed by atoms with Crippen LogP contribution in [0.1, 0.15) is 34.6 Å². The number of carbonyl (C=O) groups is 2. The van der Waals surface area contributed by atoms with Crippen LogP contribution < -0.4 is 9.64 Å². The molecule has 0 bridgehead atoms. The third-order valence-electron chi connectivity index (χ3n) is 4.31. The highest BCUT2D eigenvalue weighted by Gasteiger charge is 2.25. The van der Waals surface area contributed by atoms with Crippen LogP contribution in [0.3, 0.4) is 0 Å². The van der Waals surface area contributed by atoms with Gasteiger partial charge in [0.2, 0.25) is 0 Å². The zero-order valence-electron chi connectivity index (χ0n) is 15.0. The topological polar surface area (TPSA) is 81.6 Å². The van der Waals surface area contributed by atoms with Crippen molar-refractivity contribution in [2.75, 3.05) is 25.1 Å². The first-order valence-electron chi connectivity index (χ1n) is 8.40. The summed E-state index contributed by atoms with van der Waals surface area (Å²) < 4.78 is 11.1. The summed E-state index contributed by atoms with van der Waals surface area (Å²) in [6.45, 7) is 5.34. The molecule has 136 valence electrons. The molecule has 0 aliphatic carbocycles. The Labute approximate surface area is 152 Å². The lowest BCUT2D eigenvalue weighted by molar-refractivity contribution is -0.00549. The molecular formula is C19H21N3O4. The monoisotopic (exact) mass is 355 g/mol. The molecule has 2 atom stereocenters. The van der Waals surface area contributed by atoms with E-state index in [0.29, 0.717) is 53.2 Å². The molecule has 3 rings (SSSR count). The highest BCUT2D eigenvalue weighted by atomic mass is 16.5. The summed E-state index contributed by atoms with van der Waals surface area (Å²) in [6, 6.07) is 1.74. The molecule has 2 aromatic rings. The molecule has 1 aliphatic rings. The standard InChI is InChI=1S/C19H21N3O4/c1-12-8-22(9-13(2)26-12)19-15(10-23)4-14(6-21-19)17-7-20-5-16(11-24)18(17)25-3/h4-7,10-13H,8-9H2,1-3H3. The summed E-state index contributed by atoms with van der Waals surface area (Å²) >= 11 is 0. The molecular weight excluding hydrogens is 334 g/mol. The molecule has 2 unspecified atom stereocenters. The summed E-state index contributed by atoms with van der Waals surface area (Å²) in [5, 5.41) is 0. The van der Waals surface area contributed by atoms with Gasteiger partial charge in [0.15, 0.2) is 12.6 Å². The van der Waals surface area contributed by atoms with Crippen molar-refractivity contribution in [3.63, 3.8) is 0 Å². The predicted octanol–water partition coefficient (Wildman–Crippen LogP) is 2.39. The largest absolute Gasteiger partial charge is 0.495 e. The molecule has 3 heterocycles. The maximum atomic E-state index is 11.7. The molecule has 0 amide bonds. The lowest BCUT2D eigenvalue weighted by Crippen LogP contribution is -2.46. The summed E-state index contributed by atoms with van der Waals surface area (Å²) in [4.78, 5) is 33.5. The van der Waals surface area contributed by atoms with Crippen LogP contribution in [-0.2, 0) is 4.74 Å². The van der Waals surface area contributed by atoms with E-state index >= 15 is 0 Å². The molecule has 0 radical (unpaired) electrons. The Hall–Kier alpha value is -2.80. The molecule has 7 nitrogen and oxygen atoms in total. The van der Waals surface area contributed by atoms with Gasteiger partial charge in [0.1, 0.15) is 11.6 Å². The predicted molar refractivity (Wildman–Crippen MR) is 97.0 cm³/mol. The Morgan fingerprint density at radius 2 is 1.81 bits per heavy atom. The van der Waals surface area contributed by atoms with Gasteiger partial charge in [-0.2, -0.15) is 0 Å². The van der Waals surface area contributed by atoms with E-state index in [1.54, 1.807) is 18.5 Å². The van der Waals surface area contributed by atoms with Crippen molar-refractivity contribution < 1.29 is 19.1 Å². The third-order valence-corrected chi connectivity index (χ3v) is 4.31. The highest BCUT2D eigenvalue weighted by molar-refractivity contribution is 5.89. The SMILES string of the molecule is COc1c(C=O)cncc1-c1cnc(N2CC(C)OC(C)C2)c(C=O)c1. The van der Waals surface area contributed by atoms with Gasteiger partial charge in [-0.1, -0.05) is 0 Å². The number of rotatable bonds is 5. The number of hydrogen-bond donors (Lipinski definition) is 0. The molecule has 26 heavy (non-hydrogen) atoms. The van der Waals surface area contributed by atoms with E-state index < -0.39 is 0 Å². The van der Waals surface area contributed by atoms with Gasteiger partial charge in [0.05, 0.1) is 30.4 Å². The van der Waals surface area contributed by atoms with Crippen molar-refractivity contribution in [2.24, 2.45) is 0 Å². The summed E-state index contributed by atoms with van der Waals surface area (Å²) in [6.07, 6.45) is 6.31. The summed E-state index contributed by atoms with van der Waals surface area (Å²) in [5.41, 5.74) is 2.10. The second-order valence-corrected chi connectivity index (χ2v) is 6.34. The lowest BCUT2D eigenvalue weighted by Gasteiger charge is -2.36. The Kier molecular flexibility index (Phi) is 5.27. The number of carbonyl (C=O) groups excluding carboxylic acids is 2. The second-order valence-electron chi connectivity index (χ2n) is 6.34. The van der Waals surface area contributed by atoms with Gasteiger partial charge in [-0.15, -0.1) is 0 Å². The smallest absolute Gasteiger partial charge is 0.155 e. The highest BCUT2D eigenvalue weighted by Crippen LogP contribution is 2.33. The van der Waals surface area contributed by atoms with Gasteiger partial charge < -0.3 is 14.4 Å². The van der Waals surface area contributed by atoms with E-state index in [1.165, 1.54) is 13.3 Å². The summed E-state index contributed by atoms with van der Waals surface area (Å²) in [5.74, 6) is 1.04. The molecule has 2 aromatic heterocycles. The molecule has 1 saturated heterocycles. The average Bonchev–Trinajstić information content (AvgIpc) is 2.65. The third kappa shape index (κ3) is 3.43. The Morgan fingerprint density at radius 1 is 1.12 bits per heavy atom. The minimum Gasteiger partial charge on any atom is -0.495 e. The Bertz CT molecular complexity index is 814. The molecule has 0 spiro atoms. The Balaban J connectivity index is 2.03. The first-order chi connectivity index (χ1) is 12.6. The van der Waals surface area contributed by atoms with E-state index in [-0.39, 0.29) is 12.2 Å². The lowest BCUT2D eigenvalue weighted by atomic mass is 10.0. The van der Waals surface area contributed by atoms with Gasteiger partial charge in [0.25, 0.3) is 0 Å². The quantitative estimate of drug-likeness (QED) is 0.762. The van der Waals surface area contributed by atoms with Crippen LogP contribution in [0, 0.1) is 0 Å². The van der Waals surface area contributed by atoms with Crippen LogP contribution in [0.5, 0.6) is 5.75 Å². The molecule has 1 fully saturated rings. The number of pyridine rings is 2. The van der Waals surface area contributed by atoms with Crippen molar-refractivity contribution >= 4 is 18.4 Å². The van der Waals surface area contributed by atoms with Gasteiger partial charge >= 0.3 is 0 Å². The van der Waals surface area contributed by atoms with E-state index in [0.717, 1.165) is 6.29 Å². The van der Waals surface area contributed by atoms with Crippen molar-refractivity contribution in [3.05, 3.63) is 35.8 Å². The zero-order valence-corrected chi connectivity index (χ0v) is 15.0. The van der Waals surface area contributed by atoms with Gasteiger partial charge in [-0.25, -0.2) is 4.98 Å². The van der Waals surface area contributed by atoms with Gasteiger partial charge in [0, 0.05) is 42.8 Å². The fourth-order valence-electron chi connectivity index (χ4n) is 3.31. The van der Waals surface area contributed by atoms with Gasteiger partial charge in [-0.3, -0.25) is 14.6 Å². The zero-order chi connectivity index (χ0) is 18.7. The fraction of sp³-hybridized carbons (Fsp3) is 0.368. The number of methoxy groups -OCH3 is 1. The molecule has 0 N–H and O–H groups in total. The average molecular weight is 355 g/mol. The number of nitrogens with zero attached hydrogens (tertiary/aromatic N) is 3. The number of morpholine rings is 1.